The topological polar surface area (TPSA) is 107 Å². The predicted molar refractivity (Wildman–Crippen MR) is 53.6 cm³/mol. The summed E-state index contributed by atoms with van der Waals surface area (Å²) in [4.78, 5) is 18.6. The van der Waals surface area contributed by atoms with Gasteiger partial charge in [-0.1, -0.05) is 0 Å². The van der Waals surface area contributed by atoms with E-state index in [1.165, 1.54) is 0 Å². The molecule has 0 atom stereocenters. The van der Waals surface area contributed by atoms with Gasteiger partial charge < -0.3 is 16.8 Å². The number of nitrogen functional groups attached to an aromatic ring is 1. The van der Waals surface area contributed by atoms with Crippen LogP contribution in [0.3, 0.4) is 0 Å². The van der Waals surface area contributed by atoms with Crippen LogP contribution in [-0.2, 0) is 4.79 Å². The zero-order valence-corrected chi connectivity index (χ0v) is 8.16. The molecule has 0 bridgehead atoms. The highest BCUT2D eigenvalue weighted by molar-refractivity contribution is 5.78. The van der Waals surface area contributed by atoms with Crippen molar-refractivity contribution in [2.75, 3.05) is 17.6 Å². The molecular weight excluding hydrogens is 182 g/mol. The van der Waals surface area contributed by atoms with Crippen molar-refractivity contribution in [2.45, 2.75) is 13.8 Å². The van der Waals surface area contributed by atoms with E-state index in [0.717, 1.165) is 5.56 Å². The number of carbonyl (C=O) groups is 1. The number of hydrogen-bond donors (Lipinski definition) is 3. The first-order chi connectivity index (χ1) is 6.50. The van der Waals surface area contributed by atoms with E-state index in [1.54, 1.807) is 13.8 Å². The zero-order valence-electron chi connectivity index (χ0n) is 8.16. The Balaban J connectivity index is 2.90. The number of rotatable bonds is 3. The number of aromatic nitrogens is 2. The summed E-state index contributed by atoms with van der Waals surface area (Å²) >= 11 is 0. The molecule has 1 rings (SSSR count). The molecule has 76 valence electrons. The average molecular weight is 195 g/mol. The van der Waals surface area contributed by atoms with Crippen molar-refractivity contribution in [2.24, 2.45) is 5.73 Å². The van der Waals surface area contributed by atoms with Gasteiger partial charge in [-0.15, -0.1) is 0 Å². The standard InChI is InChI=1S/C8H13N5O/c1-4-7(10)12-5(2)13-8(4)11-3-6(9)14/h3H2,1-2H3,(H2,9,14)(H3,10,11,12,13). The molecule has 1 amide bonds. The van der Waals surface area contributed by atoms with Gasteiger partial charge in [0.05, 0.1) is 6.54 Å². The Hall–Kier alpha value is -1.85. The van der Waals surface area contributed by atoms with Gasteiger partial charge in [0.25, 0.3) is 0 Å². The number of hydrogen-bond acceptors (Lipinski definition) is 5. The van der Waals surface area contributed by atoms with Crippen LogP contribution in [0.5, 0.6) is 0 Å². The lowest BCUT2D eigenvalue weighted by molar-refractivity contribution is -0.116. The second-order valence-corrected chi connectivity index (χ2v) is 2.95. The maximum Gasteiger partial charge on any atom is 0.236 e. The van der Waals surface area contributed by atoms with Gasteiger partial charge in [-0.2, -0.15) is 0 Å². The van der Waals surface area contributed by atoms with Crippen molar-refractivity contribution in [3.05, 3.63) is 11.4 Å². The molecule has 0 spiro atoms. The lowest BCUT2D eigenvalue weighted by atomic mass is 10.3. The Morgan fingerprint density at radius 2 is 2.07 bits per heavy atom. The van der Waals surface area contributed by atoms with Crippen LogP contribution in [0.1, 0.15) is 11.4 Å². The highest BCUT2D eigenvalue weighted by atomic mass is 16.1. The van der Waals surface area contributed by atoms with Crippen molar-refractivity contribution in [3.63, 3.8) is 0 Å². The summed E-state index contributed by atoms with van der Waals surface area (Å²) in [7, 11) is 0. The third-order valence-electron chi connectivity index (χ3n) is 1.73. The average Bonchev–Trinajstić information content (AvgIpc) is 2.08. The molecule has 6 nitrogen and oxygen atoms in total. The molecular formula is C8H13N5O. The number of anilines is 2. The molecule has 0 aliphatic carbocycles. The number of amides is 1. The fraction of sp³-hybridized carbons (Fsp3) is 0.375. The van der Waals surface area contributed by atoms with Gasteiger partial charge in [0.2, 0.25) is 5.91 Å². The van der Waals surface area contributed by atoms with Crippen molar-refractivity contribution in [1.82, 2.24) is 9.97 Å². The maximum absolute atomic E-state index is 10.5. The lowest BCUT2D eigenvalue weighted by Gasteiger charge is -2.08. The van der Waals surface area contributed by atoms with Crippen molar-refractivity contribution in [3.8, 4) is 0 Å². The zero-order chi connectivity index (χ0) is 10.7. The van der Waals surface area contributed by atoms with E-state index in [-0.39, 0.29) is 6.54 Å². The van der Waals surface area contributed by atoms with Crippen molar-refractivity contribution < 1.29 is 4.79 Å². The number of nitrogens with two attached hydrogens (primary N) is 2. The van der Waals surface area contributed by atoms with E-state index in [2.05, 4.69) is 15.3 Å². The third kappa shape index (κ3) is 2.32. The summed E-state index contributed by atoms with van der Waals surface area (Å²) in [6.07, 6.45) is 0. The summed E-state index contributed by atoms with van der Waals surface area (Å²) in [5.41, 5.74) is 11.3. The maximum atomic E-state index is 10.5. The van der Waals surface area contributed by atoms with E-state index >= 15 is 0 Å². The predicted octanol–water partition coefficient (Wildman–Crippen LogP) is -0.427. The number of aryl methyl sites for hydroxylation is 1. The van der Waals surface area contributed by atoms with Crippen LogP contribution in [0.4, 0.5) is 11.6 Å². The van der Waals surface area contributed by atoms with Crippen LogP contribution in [0.2, 0.25) is 0 Å². The molecule has 6 heteroatoms. The summed E-state index contributed by atoms with van der Waals surface area (Å²) in [6, 6.07) is 0. The summed E-state index contributed by atoms with van der Waals surface area (Å²) < 4.78 is 0. The minimum atomic E-state index is -0.445. The smallest absolute Gasteiger partial charge is 0.236 e. The molecule has 0 aliphatic rings. The second kappa shape index (κ2) is 3.91. The third-order valence-corrected chi connectivity index (χ3v) is 1.73. The molecule has 0 fully saturated rings. The van der Waals surface area contributed by atoms with Gasteiger partial charge >= 0.3 is 0 Å². The second-order valence-electron chi connectivity index (χ2n) is 2.95. The molecule has 1 aromatic rings. The monoisotopic (exact) mass is 195 g/mol. The van der Waals surface area contributed by atoms with E-state index in [0.29, 0.717) is 17.5 Å². The van der Waals surface area contributed by atoms with Gasteiger partial charge in [0.1, 0.15) is 17.5 Å². The SMILES string of the molecule is Cc1nc(N)c(C)c(NCC(N)=O)n1. The highest BCUT2D eigenvalue weighted by Gasteiger charge is 2.06. The van der Waals surface area contributed by atoms with Gasteiger partial charge in [-0.25, -0.2) is 9.97 Å². The molecule has 1 heterocycles. The van der Waals surface area contributed by atoms with Crippen LogP contribution in [0.25, 0.3) is 0 Å². The Bertz CT molecular complexity index is 363. The van der Waals surface area contributed by atoms with Crippen molar-refractivity contribution >= 4 is 17.5 Å². The minimum Gasteiger partial charge on any atom is -0.383 e. The normalized spacial score (nSPS) is 9.86. The molecule has 0 saturated carbocycles. The van der Waals surface area contributed by atoms with Gasteiger partial charge in [0, 0.05) is 5.56 Å². The molecule has 0 radical (unpaired) electrons. The van der Waals surface area contributed by atoms with Crippen LogP contribution >= 0.6 is 0 Å². The van der Waals surface area contributed by atoms with Gasteiger partial charge in [0.15, 0.2) is 0 Å². The first-order valence-electron chi connectivity index (χ1n) is 4.13. The van der Waals surface area contributed by atoms with E-state index < -0.39 is 5.91 Å². The molecule has 0 aromatic carbocycles. The number of nitrogens with one attached hydrogen (secondary N) is 1. The van der Waals surface area contributed by atoms with Crippen LogP contribution < -0.4 is 16.8 Å². The molecule has 1 aromatic heterocycles. The molecule has 14 heavy (non-hydrogen) atoms. The molecule has 0 aliphatic heterocycles. The van der Waals surface area contributed by atoms with Gasteiger partial charge in [-0.3, -0.25) is 4.79 Å². The van der Waals surface area contributed by atoms with Crippen LogP contribution in [0, 0.1) is 13.8 Å². The lowest BCUT2D eigenvalue weighted by Crippen LogP contribution is -2.23. The number of primary amides is 1. The quantitative estimate of drug-likeness (QED) is 0.606. The summed E-state index contributed by atoms with van der Waals surface area (Å²) in [6.45, 7) is 3.54. The molecule has 5 N–H and O–H groups in total. The van der Waals surface area contributed by atoms with Crippen molar-refractivity contribution in [1.29, 1.82) is 0 Å². The van der Waals surface area contributed by atoms with Gasteiger partial charge in [-0.05, 0) is 13.8 Å². The number of carbonyl (C=O) groups excluding carboxylic acids is 1. The van der Waals surface area contributed by atoms with Crippen LogP contribution in [0.15, 0.2) is 0 Å². The summed E-state index contributed by atoms with van der Waals surface area (Å²) in [5, 5.41) is 2.79. The number of nitrogens with zero attached hydrogens (tertiary/aromatic N) is 2. The Morgan fingerprint density at radius 1 is 1.43 bits per heavy atom. The fourth-order valence-corrected chi connectivity index (χ4v) is 0.993. The Morgan fingerprint density at radius 3 is 2.64 bits per heavy atom. The fourth-order valence-electron chi connectivity index (χ4n) is 0.993. The largest absolute Gasteiger partial charge is 0.383 e. The first-order valence-corrected chi connectivity index (χ1v) is 4.13. The molecule has 0 unspecified atom stereocenters. The van der Waals surface area contributed by atoms with Crippen LogP contribution in [-0.4, -0.2) is 22.4 Å². The minimum absolute atomic E-state index is 0.0384. The Labute approximate surface area is 81.7 Å². The van der Waals surface area contributed by atoms with E-state index in [4.69, 9.17) is 11.5 Å². The highest BCUT2D eigenvalue weighted by Crippen LogP contribution is 2.16. The van der Waals surface area contributed by atoms with E-state index in [9.17, 15) is 4.79 Å². The van der Waals surface area contributed by atoms with E-state index in [1.807, 2.05) is 0 Å². The molecule has 0 saturated heterocycles. The first kappa shape index (κ1) is 10.2. The summed E-state index contributed by atoms with van der Waals surface area (Å²) in [5.74, 6) is 1.07. The Kier molecular flexibility index (Phi) is 2.85.